The van der Waals surface area contributed by atoms with Gasteiger partial charge in [0.15, 0.2) is 0 Å². The summed E-state index contributed by atoms with van der Waals surface area (Å²) in [5, 5.41) is 2.58. The summed E-state index contributed by atoms with van der Waals surface area (Å²) in [7, 11) is 0. The molecule has 0 spiro atoms. The second kappa shape index (κ2) is 6.74. The van der Waals surface area contributed by atoms with Crippen molar-refractivity contribution in [2.24, 2.45) is 0 Å². The first-order valence-corrected chi connectivity index (χ1v) is 8.32. The Morgan fingerprint density at radius 2 is 2.15 bits per heavy atom. The van der Waals surface area contributed by atoms with Gasteiger partial charge in [-0.1, -0.05) is 33.6 Å². The van der Waals surface area contributed by atoms with Crippen molar-refractivity contribution >= 4 is 44.8 Å². The summed E-state index contributed by atoms with van der Waals surface area (Å²) in [4.78, 5) is 15.7. The van der Waals surface area contributed by atoms with Crippen LogP contribution in [-0.4, -0.2) is 16.8 Å². The van der Waals surface area contributed by atoms with E-state index < -0.39 is 0 Å². The molecule has 0 aliphatic rings. The van der Waals surface area contributed by atoms with Crippen LogP contribution in [0.5, 0.6) is 0 Å². The number of hydrogen-bond donors (Lipinski definition) is 0. The zero-order valence-corrected chi connectivity index (χ0v) is 14.4. The first-order valence-electron chi connectivity index (χ1n) is 6.27. The SMILES string of the molecule is CC(C)N(Cc1cccs1)C(=O)c1cc(Cl)cc(Br)c1. The average molecular weight is 373 g/mol. The molecule has 0 unspecified atom stereocenters. The van der Waals surface area contributed by atoms with Crippen molar-refractivity contribution in [1.82, 2.24) is 4.90 Å². The molecule has 2 aromatic rings. The predicted molar refractivity (Wildman–Crippen MR) is 88.5 cm³/mol. The molecule has 0 aliphatic carbocycles. The Kier molecular flexibility index (Phi) is 5.24. The van der Waals surface area contributed by atoms with E-state index in [0.717, 1.165) is 4.47 Å². The lowest BCUT2D eigenvalue weighted by Crippen LogP contribution is -2.36. The highest BCUT2D eigenvalue weighted by molar-refractivity contribution is 9.10. The minimum atomic E-state index is -0.00315. The molecule has 20 heavy (non-hydrogen) atoms. The molecule has 0 fully saturated rings. The molecule has 0 aliphatic heterocycles. The van der Waals surface area contributed by atoms with E-state index in [1.165, 1.54) is 4.88 Å². The van der Waals surface area contributed by atoms with Gasteiger partial charge in [0.25, 0.3) is 5.91 Å². The summed E-state index contributed by atoms with van der Waals surface area (Å²) < 4.78 is 0.813. The lowest BCUT2D eigenvalue weighted by Gasteiger charge is -2.26. The molecule has 2 rings (SSSR count). The molecule has 0 saturated heterocycles. The third kappa shape index (κ3) is 3.84. The van der Waals surface area contributed by atoms with Crippen LogP contribution in [-0.2, 0) is 6.54 Å². The molecule has 1 amide bonds. The first kappa shape index (κ1) is 15.5. The third-order valence-corrected chi connectivity index (χ3v) is 4.44. The summed E-state index contributed by atoms with van der Waals surface area (Å²) in [5.41, 5.74) is 0.606. The van der Waals surface area contributed by atoms with Crippen molar-refractivity contribution in [3.05, 3.63) is 55.6 Å². The van der Waals surface area contributed by atoms with Crippen molar-refractivity contribution in [3.8, 4) is 0 Å². The fraction of sp³-hybridized carbons (Fsp3) is 0.267. The number of thiophene rings is 1. The maximum Gasteiger partial charge on any atom is 0.254 e. The van der Waals surface area contributed by atoms with Gasteiger partial charge in [-0.3, -0.25) is 4.79 Å². The van der Waals surface area contributed by atoms with Crippen LogP contribution < -0.4 is 0 Å². The molecule has 0 bridgehead atoms. The standard InChI is InChI=1S/C15H15BrClNOS/c1-10(2)18(9-14-4-3-5-20-14)15(19)11-6-12(16)8-13(17)7-11/h3-8,10H,9H2,1-2H3. The van der Waals surface area contributed by atoms with Gasteiger partial charge < -0.3 is 4.90 Å². The molecule has 1 aromatic carbocycles. The van der Waals surface area contributed by atoms with Gasteiger partial charge in [-0.25, -0.2) is 0 Å². The van der Waals surface area contributed by atoms with E-state index in [2.05, 4.69) is 15.9 Å². The molecular formula is C15H15BrClNOS. The van der Waals surface area contributed by atoms with Crippen LogP contribution in [0.2, 0.25) is 5.02 Å². The summed E-state index contributed by atoms with van der Waals surface area (Å²) in [5.74, 6) is -0.00315. The van der Waals surface area contributed by atoms with Gasteiger partial charge >= 0.3 is 0 Å². The Balaban J connectivity index is 2.26. The summed E-state index contributed by atoms with van der Waals surface area (Å²) in [6.45, 7) is 4.66. The van der Waals surface area contributed by atoms with E-state index in [0.29, 0.717) is 17.1 Å². The fourth-order valence-corrected chi connectivity index (χ4v) is 3.47. The van der Waals surface area contributed by atoms with Gasteiger partial charge in [-0.05, 0) is 43.5 Å². The van der Waals surface area contributed by atoms with Gasteiger partial charge in [0.2, 0.25) is 0 Å². The molecule has 1 heterocycles. The Bertz CT molecular complexity index is 578. The lowest BCUT2D eigenvalue weighted by atomic mass is 10.1. The van der Waals surface area contributed by atoms with Gasteiger partial charge in [0.05, 0.1) is 6.54 Å². The topological polar surface area (TPSA) is 20.3 Å². The van der Waals surface area contributed by atoms with E-state index in [1.54, 1.807) is 29.5 Å². The summed E-state index contributed by atoms with van der Waals surface area (Å²) in [6, 6.07) is 9.45. The Morgan fingerprint density at radius 1 is 1.40 bits per heavy atom. The zero-order chi connectivity index (χ0) is 14.7. The molecule has 0 atom stereocenters. The number of carbonyl (C=O) groups excluding carboxylic acids is 1. The number of benzene rings is 1. The molecular weight excluding hydrogens is 358 g/mol. The van der Waals surface area contributed by atoms with Crippen LogP contribution in [0.1, 0.15) is 29.1 Å². The molecule has 106 valence electrons. The van der Waals surface area contributed by atoms with E-state index in [1.807, 2.05) is 36.3 Å². The van der Waals surface area contributed by atoms with E-state index in [-0.39, 0.29) is 11.9 Å². The number of amides is 1. The predicted octanol–water partition coefficient (Wildman–Crippen LogP) is 5.21. The second-order valence-electron chi connectivity index (χ2n) is 4.76. The van der Waals surface area contributed by atoms with E-state index in [4.69, 9.17) is 11.6 Å². The van der Waals surface area contributed by atoms with Crippen LogP contribution in [0.4, 0.5) is 0 Å². The maximum absolute atomic E-state index is 12.7. The summed E-state index contributed by atoms with van der Waals surface area (Å²) >= 11 is 11.1. The zero-order valence-electron chi connectivity index (χ0n) is 11.3. The molecule has 2 nitrogen and oxygen atoms in total. The van der Waals surface area contributed by atoms with Crippen molar-refractivity contribution in [3.63, 3.8) is 0 Å². The van der Waals surface area contributed by atoms with Crippen molar-refractivity contribution in [2.75, 3.05) is 0 Å². The van der Waals surface area contributed by atoms with E-state index >= 15 is 0 Å². The monoisotopic (exact) mass is 371 g/mol. The number of carbonyl (C=O) groups is 1. The molecule has 1 aromatic heterocycles. The quantitative estimate of drug-likeness (QED) is 0.721. The fourth-order valence-electron chi connectivity index (χ4n) is 1.90. The minimum Gasteiger partial charge on any atom is -0.331 e. The summed E-state index contributed by atoms with van der Waals surface area (Å²) in [6.07, 6.45) is 0. The van der Waals surface area contributed by atoms with E-state index in [9.17, 15) is 4.79 Å². The largest absolute Gasteiger partial charge is 0.331 e. The van der Waals surface area contributed by atoms with Crippen LogP contribution in [0.15, 0.2) is 40.2 Å². The second-order valence-corrected chi connectivity index (χ2v) is 7.15. The highest BCUT2D eigenvalue weighted by Crippen LogP contribution is 2.22. The normalized spacial score (nSPS) is 10.8. The highest BCUT2D eigenvalue weighted by Gasteiger charge is 2.20. The minimum absolute atomic E-state index is 0.00315. The van der Waals surface area contributed by atoms with Gasteiger partial charge in [-0.15, -0.1) is 11.3 Å². The van der Waals surface area contributed by atoms with Crippen molar-refractivity contribution in [2.45, 2.75) is 26.4 Å². The molecule has 0 N–H and O–H groups in total. The smallest absolute Gasteiger partial charge is 0.254 e. The molecule has 0 radical (unpaired) electrons. The van der Waals surface area contributed by atoms with Gasteiger partial charge in [-0.2, -0.15) is 0 Å². The number of nitrogens with zero attached hydrogens (tertiary/aromatic N) is 1. The van der Waals surface area contributed by atoms with Crippen molar-refractivity contribution < 1.29 is 4.79 Å². The van der Waals surface area contributed by atoms with Crippen LogP contribution in [0.3, 0.4) is 0 Å². The van der Waals surface area contributed by atoms with Crippen LogP contribution in [0, 0.1) is 0 Å². The lowest BCUT2D eigenvalue weighted by molar-refractivity contribution is 0.0692. The molecule has 0 saturated carbocycles. The number of hydrogen-bond acceptors (Lipinski definition) is 2. The third-order valence-electron chi connectivity index (χ3n) is 2.90. The van der Waals surface area contributed by atoms with Crippen molar-refractivity contribution in [1.29, 1.82) is 0 Å². The van der Waals surface area contributed by atoms with Gasteiger partial charge in [0, 0.05) is 26.0 Å². The highest BCUT2D eigenvalue weighted by atomic mass is 79.9. The average Bonchev–Trinajstić information content (AvgIpc) is 2.86. The van der Waals surface area contributed by atoms with Crippen LogP contribution in [0.25, 0.3) is 0 Å². The first-order chi connectivity index (χ1) is 9.47. The Morgan fingerprint density at radius 3 is 2.70 bits per heavy atom. The Hall–Kier alpha value is -0.840. The number of halogens is 2. The number of rotatable bonds is 4. The maximum atomic E-state index is 12.7. The Labute approximate surface area is 136 Å². The molecule has 5 heteroatoms. The van der Waals surface area contributed by atoms with Crippen LogP contribution >= 0.6 is 38.9 Å². The van der Waals surface area contributed by atoms with Gasteiger partial charge in [0.1, 0.15) is 0 Å².